The van der Waals surface area contributed by atoms with Gasteiger partial charge in [0, 0.05) is 6.42 Å². The molecule has 17 heavy (non-hydrogen) atoms. The van der Waals surface area contributed by atoms with E-state index in [9.17, 15) is 14.4 Å². The van der Waals surface area contributed by atoms with Crippen molar-refractivity contribution in [2.45, 2.75) is 39.2 Å². The molecule has 0 aromatic carbocycles. The summed E-state index contributed by atoms with van der Waals surface area (Å²) >= 11 is 0. The van der Waals surface area contributed by atoms with E-state index in [0.29, 0.717) is 0 Å². The van der Waals surface area contributed by atoms with Crippen LogP contribution in [0.1, 0.15) is 33.6 Å². The number of hydrogen-bond acceptors (Lipinski definition) is 5. The summed E-state index contributed by atoms with van der Waals surface area (Å²) in [5, 5.41) is 8.87. The number of carboxylic acid groups (broad SMARTS) is 1. The van der Waals surface area contributed by atoms with E-state index in [1.165, 1.54) is 7.11 Å². The van der Waals surface area contributed by atoms with Crippen molar-refractivity contribution in [1.82, 2.24) is 0 Å². The van der Waals surface area contributed by atoms with E-state index in [0.717, 1.165) is 0 Å². The van der Waals surface area contributed by atoms with E-state index in [1.54, 1.807) is 20.8 Å². The van der Waals surface area contributed by atoms with Crippen LogP contribution in [0.2, 0.25) is 0 Å². The van der Waals surface area contributed by atoms with Gasteiger partial charge >= 0.3 is 17.9 Å². The quantitative estimate of drug-likeness (QED) is 0.574. The number of carboxylic acids is 1. The zero-order valence-corrected chi connectivity index (χ0v) is 10.5. The molecule has 0 unspecified atom stereocenters. The average Bonchev–Trinajstić information content (AvgIpc) is 2.14. The maximum atomic E-state index is 11.5. The lowest BCUT2D eigenvalue weighted by atomic mass is 10.0. The molecule has 0 spiro atoms. The molecule has 0 aliphatic rings. The van der Waals surface area contributed by atoms with Crippen molar-refractivity contribution < 1.29 is 29.0 Å². The molecule has 98 valence electrons. The fraction of sp³-hybridized carbons (Fsp3) is 0.727. The Bertz CT molecular complexity index is 302. The van der Waals surface area contributed by atoms with Gasteiger partial charge in [0.2, 0.25) is 0 Å². The molecule has 0 aliphatic carbocycles. The van der Waals surface area contributed by atoms with Crippen molar-refractivity contribution in [2.75, 3.05) is 7.11 Å². The molecule has 0 aliphatic heterocycles. The molecular weight excluding hydrogens is 228 g/mol. The first kappa shape index (κ1) is 15.4. The van der Waals surface area contributed by atoms with Crippen molar-refractivity contribution in [1.29, 1.82) is 0 Å². The lowest BCUT2D eigenvalue weighted by Gasteiger charge is -2.22. The van der Waals surface area contributed by atoms with Crippen LogP contribution in [-0.2, 0) is 23.9 Å². The molecule has 0 aromatic heterocycles. The van der Waals surface area contributed by atoms with Gasteiger partial charge in [0.05, 0.1) is 7.11 Å². The topological polar surface area (TPSA) is 89.9 Å². The number of hydrogen-bond donors (Lipinski definition) is 1. The SMILES string of the molecule is COC(=O)CC[C@@H](C(=O)O)C(=O)OC(C)(C)C. The number of esters is 2. The molecule has 1 atom stereocenters. The zero-order chi connectivity index (χ0) is 13.6. The Kier molecular flexibility index (Phi) is 5.64. The first-order valence-electron chi connectivity index (χ1n) is 5.20. The van der Waals surface area contributed by atoms with Crippen molar-refractivity contribution in [3.63, 3.8) is 0 Å². The predicted octanol–water partition coefficient (Wildman–Crippen LogP) is 0.982. The van der Waals surface area contributed by atoms with Crippen LogP contribution < -0.4 is 0 Å². The highest BCUT2D eigenvalue weighted by Crippen LogP contribution is 2.15. The maximum absolute atomic E-state index is 11.5. The van der Waals surface area contributed by atoms with Crippen molar-refractivity contribution in [3.8, 4) is 0 Å². The third-order valence-corrected chi connectivity index (χ3v) is 1.85. The Labute approximate surface area is 99.9 Å². The molecule has 6 heteroatoms. The van der Waals surface area contributed by atoms with Gasteiger partial charge in [0.1, 0.15) is 5.60 Å². The van der Waals surface area contributed by atoms with E-state index in [2.05, 4.69) is 4.74 Å². The molecule has 0 amide bonds. The van der Waals surface area contributed by atoms with E-state index < -0.39 is 29.4 Å². The summed E-state index contributed by atoms with van der Waals surface area (Å²) in [7, 11) is 1.20. The van der Waals surface area contributed by atoms with Gasteiger partial charge in [-0.3, -0.25) is 14.4 Å². The predicted molar refractivity (Wildman–Crippen MR) is 58.2 cm³/mol. The van der Waals surface area contributed by atoms with E-state index in [-0.39, 0.29) is 12.8 Å². The molecule has 0 aromatic rings. The summed E-state index contributed by atoms with van der Waals surface area (Å²) in [6.45, 7) is 4.93. The molecule has 0 rings (SSSR count). The van der Waals surface area contributed by atoms with Crippen LogP contribution in [0.15, 0.2) is 0 Å². The Morgan fingerprint density at radius 2 is 1.76 bits per heavy atom. The lowest BCUT2D eigenvalue weighted by molar-refractivity contribution is -0.167. The Morgan fingerprint density at radius 3 is 2.12 bits per heavy atom. The van der Waals surface area contributed by atoms with Crippen LogP contribution in [0, 0.1) is 5.92 Å². The van der Waals surface area contributed by atoms with Crippen LogP contribution in [0.25, 0.3) is 0 Å². The zero-order valence-electron chi connectivity index (χ0n) is 10.5. The number of carbonyl (C=O) groups is 3. The molecule has 0 fully saturated rings. The third-order valence-electron chi connectivity index (χ3n) is 1.85. The summed E-state index contributed by atoms with van der Waals surface area (Å²) in [5.41, 5.74) is -0.754. The summed E-state index contributed by atoms with van der Waals surface area (Å²) < 4.78 is 9.33. The normalized spacial score (nSPS) is 12.7. The van der Waals surface area contributed by atoms with Gasteiger partial charge in [0.25, 0.3) is 0 Å². The number of methoxy groups -OCH3 is 1. The second kappa shape index (κ2) is 6.22. The minimum absolute atomic E-state index is 0.128. The molecule has 0 radical (unpaired) electrons. The highest BCUT2D eigenvalue weighted by atomic mass is 16.6. The molecule has 0 bridgehead atoms. The van der Waals surface area contributed by atoms with Crippen molar-refractivity contribution >= 4 is 17.9 Å². The minimum atomic E-state index is -1.34. The molecule has 1 N–H and O–H groups in total. The first-order valence-corrected chi connectivity index (χ1v) is 5.20. The second-order valence-electron chi connectivity index (χ2n) is 4.54. The fourth-order valence-corrected chi connectivity index (χ4v) is 1.08. The molecule has 0 saturated carbocycles. The standard InChI is InChI=1S/C11H18O6/c1-11(2,3)17-10(15)7(9(13)14)5-6-8(12)16-4/h7H,5-6H2,1-4H3,(H,13,14)/t7-/m0/s1. The number of aliphatic carboxylic acids is 1. The lowest BCUT2D eigenvalue weighted by Crippen LogP contribution is -2.33. The van der Waals surface area contributed by atoms with Crippen LogP contribution in [0.5, 0.6) is 0 Å². The van der Waals surface area contributed by atoms with Crippen LogP contribution in [0.4, 0.5) is 0 Å². The van der Waals surface area contributed by atoms with E-state index >= 15 is 0 Å². The summed E-state index contributed by atoms with van der Waals surface area (Å²) in [6.07, 6.45) is -0.260. The number of rotatable bonds is 5. The van der Waals surface area contributed by atoms with Crippen LogP contribution >= 0.6 is 0 Å². The summed E-state index contributed by atoms with van der Waals surface area (Å²) in [5.74, 6) is -4.04. The number of carbonyl (C=O) groups excluding carboxylic acids is 2. The Morgan fingerprint density at radius 1 is 1.24 bits per heavy atom. The highest BCUT2D eigenvalue weighted by molar-refractivity contribution is 5.94. The van der Waals surface area contributed by atoms with Crippen LogP contribution in [0.3, 0.4) is 0 Å². The van der Waals surface area contributed by atoms with E-state index in [4.69, 9.17) is 9.84 Å². The fourth-order valence-electron chi connectivity index (χ4n) is 1.08. The summed E-state index contributed by atoms with van der Waals surface area (Å²) in [6, 6.07) is 0. The van der Waals surface area contributed by atoms with Crippen molar-refractivity contribution in [3.05, 3.63) is 0 Å². The Balaban J connectivity index is 4.48. The van der Waals surface area contributed by atoms with Gasteiger partial charge in [0.15, 0.2) is 5.92 Å². The minimum Gasteiger partial charge on any atom is -0.481 e. The molecule has 0 saturated heterocycles. The van der Waals surface area contributed by atoms with Crippen molar-refractivity contribution in [2.24, 2.45) is 5.92 Å². The third kappa shape index (κ3) is 6.55. The molecular formula is C11H18O6. The number of ether oxygens (including phenoxy) is 2. The average molecular weight is 246 g/mol. The molecule has 6 nitrogen and oxygen atoms in total. The maximum Gasteiger partial charge on any atom is 0.320 e. The second-order valence-corrected chi connectivity index (χ2v) is 4.54. The van der Waals surface area contributed by atoms with Gasteiger partial charge in [-0.05, 0) is 27.2 Å². The van der Waals surface area contributed by atoms with Gasteiger partial charge in [-0.25, -0.2) is 0 Å². The first-order chi connectivity index (χ1) is 7.67. The Hall–Kier alpha value is -1.59. The molecule has 0 heterocycles. The highest BCUT2D eigenvalue weighted by Gasteiger charge is 2.31. The van der Waals surface area contributed by atoms with Gasteiger partial charge in [-0.15, -0.1) is 0 Å². The van der Waals surface area contributed by atoms with Gasteiger partial charge in [-0.1, -0.05) is 0 Å². The van der Waals surface area contributed by atoms with Gasteiger partial charge < -0.3 is 14.6 Å². The largest absolute Gasteiger partial charge is 0.481 e. The van der Waals surface area contributed by atoms with E-state index in [1.807, 2.05) is 0 Å². The smallest absolute Gasteiger partial charge is 0.320 e. The van der Waals surface area contributed by atoms with Gasteiger partial charge in [-0.2, -0.15) is 0 Å². The summed E-state index contributed by atoms with van der Waals surface area (Å²) in [4.78, 5) is 33.3. The monoisotopic (exact) mass is 246 g/mol. The van der Waals surface area contributed by atoms with Crippen LogP contribution in [-0.4, -0.2) is 35.7 Å².